The zero-order chi connectivity index (χ0) is 11.4. The van der Waals surface area contributed by atoms with Crippen molar-refractivity contribution in [3.05, 3.63) is 29.8 Å². The first-order valence-corrected chi connectivity index (χ1v) is 5.58. The van der Waals surface area contributed by atoms with Crippen LogP contribution < -0.4 is 16.0 Å². The third kappa shape index (κ3) is 2.59. The van der Waals surface area contributed by atoms with E-state index in [1.165, 1.54) is 0 Å². The second-order valence-electron chi connectivity index (χ2n) is 4.02. The highest BCUT2D eigenvalue weighted by Gasteiger charge is 2.20. The van der Waals surface area contributed by atoms with Crippen molar-refractivity contribution in [2.75, 3.05) is 25.0 Å². The Hall–Kier alpha value is -1.39. The number of piperazine rings is 1. The van der Waals surface area contributed by atoms with E-state index in [1.807, 2.05) is 31.2 Å². The van der Waals surface area contributed by atoms with Gasteiger partial charge in [-0.05, 0) is 18.6 Å². The molecule has 16 heavy (non-hydrogen) atoms. The maximum Gasteiger partial charge on any atom is 0.242 e. The third-order valence-electron chi connectivity index (χ3n) is 2.76. The van der Waals surface area contributed by atoms with Crippen molar-refractivity contribution in [3.8, 4) is 0 Å². The molecule has 1 unspecified atom stereocenters. The first kappa shape index (κ1) is 11.1. The highest BCUT2D eigenvalue weighted by atomic mass is 16.2. The van der Waals surface area contributed by atoms with E-state index in [1.54, 1.807) is 0 Å². The molecule has 86 valence electrons. The first-order valence-electron chi connectivity index (χ1n) is 5.58. The molecule has 0 aliphatic carbocycles. The van der Waals surface area contributed by atoms with Crippen LogP contribution in [0.25, 0.3) is 0 Å². The highest BCUT2D eigenvalue weighted by Crippen LogP contribution is 2.13. The van der Waals surface area contributed by atoms with E-state index in [0.717, 1.165) is 24.3 Å². The molecule has 2 rings (SSSR count). The van der Waals surface area contributed by atoms with E-state index >= 15 is 0 Å². The van der Waals surface area contributed by atoms with Gasteiger partial charge < -0.3 is 16.0 Å². The molecule has 1 aromatic carbocycles. The number of aryl methyl sites for hydroxylation is 1. The second kappa shape index (κ2) is 5.09. The minimum absolute atomic E-state index is 0.0292. The molecule has 0 bridgehead atoms. The van der Waals surface area contributed by atoms with Crippen molar-refractivity contribution in [2.24, 2.45) is 0 Å². The van der Waals surface area contributed by atoms with E-state index in [-0.39, 0.29) is 11.9 Å². The summed E-state index contributed by atoms with van der Waals surface area (Å²) in [5, 5.41) is 9.32. The number of anilines is 1. The van der Waals surface area contributed by atoms with E-state index < -0.39 is 0 Å². The van der Waals surface area contributed by atoms with Crippen LogP contribution in [0.5, 0.6) is 0 Å². The summed E-state index contributed by atoms with van der Waals surface area (Å²) >= 11 is 0. The monoisotopic (exact) mass is 219 g/mol. The van der Waals surface area contributed by atoms with Crippen LogP contribution in [0.2, 0.25) is 0 Å². The Balaban J connectivity index is 1.99. The molecular weight excluding hydrogens is 202 g/mol. The van der Waals surface area contributed by atoms with Gasteiger partial charge in [-0.1, -0.05) is 18.2 Å². The smallest absolute Gasteiger partial charge is 0.242 e. The van der Waals surface area contributed by atoms with Crippen LogP contribution in [0.15, 0.2) is 24.3 Å². The van der Waals surface area contributed by atoms with Crippen molar-refractivity contribution in [1.82, 2.24) is 10.6 Å². The Bertz CT molecular complexity index is 372. The Morgan fingerprint density at radius 2 is 2.19 bits per heavy atom. The van der Waals surface area contributed by atoms with Gasteiger partial charge in [0.15, 0.2) is 0 Å². The van der Waals surface area contributed by atoms with Gasteiger partial charge in [-0.3, -0.25) is 4.79 Å². The minimum atomic E-state index is -0.131. The summed E-state index contributed by atoms with van der Waals surface area (Å²) in [5.74, 6) is 0.0292. The van der Waals surface area contributed by atoms with Crippen molar-refractivity contribution in [1.29, 1.82) is 0 Å². The molecule has 0 radical (unpaired) electrons. The first-order chi connectivity index (χ1) is 7.77. The lowest BCUT2D eigenvalue weighted by atomic mass is 10.1. The van der Waals surface area contributed by atoms with Gasteiger partial charge >= 0.3 is 0 Å². The quantitative estimate of drug-likeness (QED) is 0.678. The summed E-state index contributed by atoms with van der Waals surface area (Å²) in [6, 6.07) is 7.67. The molecule has 1 aliphatic rings. The number of para-hydroxylation sites is 1. The standard InChI is InChI=1S/C12H17N3O/c1-9-4-2-3-5-10(9)15-12(16)11-8-13-6-7-14-11/h2-5,11,13-14H,6-8H2,1H3,(H,15,16). The molecule has 1 atom stereocenters. The zero-order valence-corrected chi connectivity index (χ0v) is 9.42. The summed E-state index contributed by atoms with van der Waals surface area (Å²) in [7, 11) is 0. The Morgan fingerprint density at radius 3 is 2.88 bits per heavy atom. The molecule has 1 aromatic rings. The number of amides is 1. The van der Waals surface area contributed by atoms with Crippen molar-refractivity contribution < 1.29 is 4.79 Å². The average Bonchev–Trinajstić information content (AvgIpc) is 2.33. The van der Waals surface area contributed by atoms with Gasteiger partial charge in [0.25, 0.3) is 0 Å². The molecule has 4 nitrogen and oxygen atoms in total. The number of nitrogens with one attached hydrogen (secondary N) is 3. The molecule has 0 aromatic heterocycles. The fourth-order valence-corrected chi connectivity index (χ4v) is 1.77. The maximum absolute atomic E-state index is 11.9. The molecular formula is C12H17N3O. The van der Waals surface area contributed by atoms with Crippen LogP contribution in [0, 0.1) is 6.92 Å². The lowest BCUT2D eigenvalue weighted by Crippen LogP contribution is -2.54. The molecule has 1 heterocycles. The van der Waals surface area contributed by atoms with Crippen molar-refractivity contribution in [3.63, 3.8) is 0 Å². The number of carbonyl (C=O) groups excluding carboxylic acids is 1. The predicted molar refractivity (Wildman–Crippen MR) is 64.5 cm³/mol. The van der Waals surface area contributed by atoms with Gasteiger partial charge in [-0.15, -0.1) is 0 Å². The van der Waals surface area contributed by atoms with Crippen LogP contribution in [-0.4, -0.2) is 31.6 Å². The second-order valence-corrected chi connectivity index (χ2v) is 4.02. The Morgan fingerprint density at radius 1 is 1.38 bits per heavy atom. The largest absolute Gasteiger partial charge is 0.324 e. The molecule has 0 spiro atoms. The fraction of sp³-hybridized carbons (Fsp3) is 0.417. The van der Waals surface area contributed by atoms with Gasteiger partial charge in [-0.25, -0.2) is 0 Å². The van der Waals surface area contributed by atoms with Crippen molar-refractivity contribution in [2.45, 2.75) is 13.0 Å². The van der Waals surface area contributed by atoms with Gasteiger partial charge in [0.2, 0.25) is 5.91 Å². The molecule has 1 aliphatic heterocycles. The molecule has 1 saturated heterocycles. The van der Waals surface area contributed by atoms with Crippen molar-refractivity contribution >= 4 is 11.6 Å². The molecule has 3 N–H and O–H groups in total. The molecule has 1 fully saturated rings. The lowest BCUT2D eigenvalue weighted by Gasteiger charge is -2.23. The van der Waals surface area contributed by atoms with E-state index in [2.05, 4.69) is 16.0 Å². The van der Waals surface area contributed by atoms with Gasteiger partial charge in [0.1, 0.15) is 0 Å². The molecule has 1 amide bonds. The Labute approximate surface area is 95.4 Å². The van der Waals surface area contributed by atoms with E-state index in [0.29, 0.717) is 6.54 Å². The molecule has 4 heteroatoms. The summed E-state index contributed by atoms with van der Waals surface area (Å²) in [4.78, 5) is 11.9. The number of rotatable bonds is 2. The molecule has 0 saturated carbocycles. The topological polar surface area (TPSA) is 53.2 Å². The third-order valence-corrected chi connectivity index (χ3v) is 2.76. The Kier molecular flexibility index (Phi) is 3.54. The van der Waals surface area contributed by atoms with Gasteiger partial charge in [0.05, 0.1) is 6.04 Å². The zero-order valence-electron chi connectivity index (χ0n) is 9.42. The summed E-state index contributed by atoms with van der Waals surface area (Å²) in [5.41, 5.74) is 1.97. The SMILES string of the molecule is Cc1ccccc1NC(=O)C1CNCCN1. The maximum atomic E-state index is 11.9. The summed E-state index contributed by atoms with van der Waals surface area (Å²) < 4.78 is 0. The number of benzene rings is 1. The predicted octanol–water partition coefficient (Wildman–Crippen LogP) is 0.495. The minimum Gasteiger partial charge on any atom is -0.324 e. The summed E-state index contributed by atoms with van der Waals surface area (Å²) in [6.07, 6.45) is 0. The van der Waals surface area contributed by atoms with Crippen LogP contribution in [-0.2, 0) is 4.79 Å². The van der Waals surface area contributed by atoms with Crippen LogP contribution in [0.1, 0.15) is 5.56 Å². The number of carbonyl (C=O) groups is 1. The van der Waals surface area contributed by atoms with Crippen LogP contribution in [0.4, 0.5) is 5.69 Å². The average molecular weight is 219 g/mol. The fourth-order valence-electron chi connectivity index (χ4n) is 1.77. The van der Waals surface area contributed by atoms with E-state index in [9.17, 15) is 4.79 Å². The highest BCUT2D eigenvalue weighted by molar-refractivity contribution is 5.95. The number of hydrogen-bond donors (Lipinski definition) is 3. The van der Waals surface area contributed by atoms with Gasteiger partial charge in [0, 0.05) is 25.3 Å². The van der Waals surface area contributed by atoms with Crippen LogP contribution in [0.3, 0.4) is 0 Å². The van der Waals surface area contributed by atoms with E-state index in [4.69, 9.17) is 0 Å². The van der Waals surface area contributed by atoms with Crippen LogP contribution >= 0.6 is 0 Å². The normalized spacial score (nSPS) is 20.4. The summed E-state index contributed by atoms with van der Waals surface area (Å²) in [6.45, 7) is 4.44. The number of hydrogen-bond acceptors (Lipinski definition) is 3. The lowest BCUT2D eigenvalue weighted by molar-refractivity contribution is -0.118. The van der Waals surface area contributed by atoms with Gasteiger partial charge in [-0.2, -0.15) is 0 Å².